The average Bonchev–Trinajstić information content (AvgIpc) is 3.21. The number of fused-ring (bicyclic) bond motifs is 1. The maximum absolute atomic E-state index is 11.5. The molecule has 1 fully saturated rings. The molecule has 34 heavy (non-hydrogen) atoms. The summed E-state index contributed by atoms with van der Waals surface area (Å²) in [7, 11) is 1.99. The van der Waals surface area contributed by atoms with Crippen molar-refractivity contribution in [2.45, 2.75) is 6.92 Å². The van der Waals surface area contributed by atoms with Crippen LogP contribution in [0.25, 0.3) is 22.2 Å². The number of hydrogen-bond acceptors (Lipinski definition) is 6. The third-order valence-corrected chi connectivity index (χ3v) is 6.27. The number of carbonyl (C=O) groups excluding carboxylic acids is 1. The molecule has 0 bridgehead atoms. The van der Waals surface area contributed by atoms with Crippen LogP contribution in [-0.4, -0.2) is 51.5 Å². The minimum atomic E-state index is 0.129. The first-order valence-electron chi connectivity index (χ1n) is 11.2. The number of rotatable bonds is 4. The van der Waals surface area contributed by atoms with Crippen LogP contribution < -0.4 is 10.2 Å². The van der Waals surface area contributed by atoms with Gasteiger partial charge in [0, 0.05) is 74.2 Å². The van der Waals surface area contributed by atoms with Gasteiger partial charge < -0.3 is 19.7 Å². The molecule has 2 aromatic carbocycles. The minimum absolute atomic E-state index is 0.129. The summed E-state index contributed by atoms with van der Waals surface area (Å²) in [6.07, 6.45) is 3.56. The van der Waals surface area contributed by atoms with Crippen molar-refractivity contribution in [1.82, 2.24) is 19.4 Å². The van der Waals surface area contributed by atoms with Gasteiger partial charge in [-0.15, -0.1) is 0 Å². The Bertz CT molecular complexity index is 1390. The molecule has 1 amide bonds. The van der Waals surface area contributed by atoms with Crippen molar-refractivity contribution >= 4 is 34.1 Å². The van der Waals surface area contributed by atoms with Gasteiger partial charge in [0.05, 0.1) is 17.5 Å². The summed E-state index contributed by atoms with van der Waals surface area (Å²) in [6, 6.07) is 18.4. The van der Waals surface area contributed by atoms with E-state index >= 15 is 0 Å². The number of nitriles is 1. The van der Waals surface area contributed by atoms with Gasteiger partial charge in [0.2, 0.25) is 11.9 Å². The molecule has 0 unspecified atom stereocenters. The van der Waals surface area contributed by atoms with Crippen LogP contribution in [0.15, 0.2) is 60.9 Å². The van der Waals surface area contributed by atoms with Crippen LogP contribution in [0.2, 0.25) is 0 Å². The normalized spacial score (nSPS) is 13.7. The summed E-state index contributed by atoms with van der Waals surface area (Å²) in [5, 5.41) is 14.0. The molecule has 4 aromatic rings. The second kappa shape index (κ2) is 8.87. The smallest absolute Gasteiger partial charge is 0.227 e. The lowest BCUT2D eigenvalue weighted by Gasteiger charge is -2.35. The van der Waals surface area contributed by atoms with Crippen molar-refractivity contribution in [3.63, 3.8) is 0 Å². The molecule has 2 aromatic heterocycles. The number of nitrogens with one attached hydrogen (secondary N) is 1. The van der Waals surface area contributed by atoms with Gasteiger partial charge in [-0.1, -0.05) is 18.2 Å². The number of anilines is 3. The fraction of sp³-hybridized carbons (Fsp3) is 0.231. The van der Waals surface area contributed by atoms with E-state index in [1.807, 2.05) is 59.1 Å². The van der Waals surface area contributed by atoms with Crippen LogP contribution in [0.1, 0.15) is 12.5 Å². The Hall–Kier alpha value is -4.38. The highest BCUT2D eigenvalue weighted by molar-refractivity contribution is 5.96. The molecule has 170 valence electrons. The summed E-state index contributed by atoms with van der Waals surface area (Å²) in [5.74, 6) is 0.564. The Morgan fingerprint density at radius 3 is 2.50 bits per heavy atom. The fourth-order valence-electron chi connectivity index (χ4n) is 4.42. The second-order valence-electron chi connectivity index (χ2n) is 8.40. The molecule has 1 aliphatic rings. The van der Waals surface area contributed by atoms with Gasteiger partial charge in [0.1, 0.15) is 6.07 Å². The Kier molecular flexibility index (Phi) is 5.60. The number of hydrogen-bond donors (Lipinski definition) is 1. The first-order valence-corrected chi connectivity index (χ1v) is 11.2. The van der Waals surface area contributed by atoms with E-state index in [-0.39, 0.29) is 5.91 Å². The van der Waals surface area contributed by atoms with E-state index in [1.165, 1.54) is 0 Å². The SMILES string of the molecule is CC(=O)N1CCN(c2ccc(Nc3ncc(C#N)c(-c4cn(C)c5ccccc45)n3)cc2)CC1. The molecule has 1 aliphatic heterocycles. The van der Waals surface area contributed by atoms with Gasteiger partial charge in [-0.05, 0) is 30.3 Å². The molecule has 5 rings (SSSR count). The van der Waals surface area contributed by atoms with Crippen molar-refractivity contribution in [1.29, 1.82) is 5.26 Å². The van der Waals surface area contributed by atoms with Crippen LogP contribution >= 0.6 is 0 Å². The molecular formula is C26H25N7O. The highest BCUT2D eigenvalue weighted by Crippen LogP contribution is 2.31. The summed E-state index contributed by atoms with van der Waals surface area (Å²) < 4.78 is 2.04. The van der Waals surface area contributed by atoms with Gasteiger partial charge in [-0.2, -0.15) is 5.26 Å². The largest absolute Gasteiger partial charge is 0.368 e. The number of benzene rings is 2. The standard InChI is InChI=1S/C26H25N7O/c1-18(34)32-11-13-33(14-12-32)21-9-7-20(8-10-21)29-26-28-16-19(15-27)25(30-26)23-17-31(2)24-6-4-3-5-22(23)24/h3-10,16-17H,11-14H2,1-2H3,(H,28,29,30). The van der Waals surface area contributed by atoms with Crippen LogP contribution in [0.3, 0.4) is 0 Å². The predicted molar refractivity (Wildman–Crippen MR) is 133 cm³/mol. The summed E-state index contributed by atoms with van der Waals surface area (Å²) in [4.78, 5) is 24.8. The van der Waals surface area contributed by atoms with E-state index in [2.05, 4.69) is 33.4 Å². The van der Waals surface area contributed by atoms with Crippen molar-refractivity contribution in [2.75, 3.05) is 36.4 Å². The topological polar surface area (TPSA) is 90.1 Å². The number of aryl methyl sites for hydroxylation is 1. The lowest BCUT2D eigenvalue weighted by atomic mass is 10.1. The number of piperazine rings is 1. The fourth-order valence-corrected chi connectivity index (χ4v) is 4.42. The molecule has 3 heterocycles. The predicted octanol–water partition coefficient (Wildman–Crippen LogP) is 3.92. The minimum Gasteiger partial charge on any atom is -0.368 e. The molecule has 0 spiro atoms. The Morgan fingerprint density at radius 1 is 1.06 bits per heavy atom. The van der Waals surface area contributed by atoms with Crippen LogP contribution in [-0.2, 0) is 11.8 Å². The zero-order chi connectivity index (χ0) is 23.7. The maximum atomic E-state index is 11.5. The lowest BCUT2D eigenvalue weighted by molar-refractivity contribution is -0.129. The highest BCUT2D eigenvalue weighted by atomic mass is 16.2. The van der Waals surface area contributed by atoms with Crippen LogP contribution in [0.4, 0.5) is 17.3 Å². The summed E-state index contributed by atoms with van der Waals surface area (Å²) >= 11 is 0. The van der Waals surface area contributed by atoms with Crippen LogP contribution in [0, 0.1) is 11.3 Å². The molecule has 8 heteroatoms. The maximum Gasteiger partial charge on any atom is 0.227 e. The molecule has 0 saturated carbocycles. The molecule has 1 N–H and O–H groups in total. The molecule has 0 radical (unpaired) electrons. The molecular weight excluding hydrogens is 426 g/mol. The molecule has 8 nitrogen and oxygen atoms in total. The highest BCUT2D eigenvalue weighted by Gasteiger charge is 2.19. The van der Waals surface area contributed by atoms with E-state index in [4.69, 9.17) is 4.98 Å². The second-order valence-corrected chi connectivity index (χ2v) is 8.40. The Balaban J connectivity index is 1.37. The lowest BCUT2D eigenvalue weighted by Crippen LogP contribution is -2.48. The third-order valence-electron chi connectivity index (χ3n) is 6.27. The Labute approximate surface area is 198 Å². The zero-order valence-electron chi connectivity index (χ0n) is 19.2. The number of nitrogens with zero attached hydrogens (tertiary/aromatic N) is 6. The number of para-hydroxylation sites is 1. The van der Waals surface area contributed by atoms with Crippen molar-refractivity contribution in [3.05, 3.63) is 66.5 Å². The van der Waals surface area contributed by atoms with E-state index in [1.54, 1.807) is 13.1 Å². The van der Waals surface area contributed by atoms with E-state index in [0.29, 0.717) is 17.2 Å². The Morgan fingerprint density at radius 2 is 1.79 bits per heavy atom. The summed E-state index contributed by atoms with van der Waals surface area (Å²) in [6.45, 7) is 4.74. The van der Waals surface area contributed by atoms with Gasteiger partial charge >= 0.3 is 0 Å². The van der Waals surface area contributed by atoms with Gasteiger partial charge in [-0.3, -0.25) is 4.79 Å². The van der Waals surface area contributed by atoms with Crippen molar-refractivity contribution < 1.29 is 4.79 Å². The first kappa shape index (κ1) is 21.5. The van der Waals surface area contributed by atoms with Crippen molar-refractivity contribution in [3.8, 4) is 17.3 Å². The zero-order valence-corrected chi connectivity index (χ0v) is 19.2. The third kappa shape index (κ3) is 4.04. The monoisotopic (exact) mass is 451 g/mol. The van der Waals surface area contributed by atoms with Gasteiger partial charge in [0.15, 0.2) is 0 Å². The average molecular weight is 452 g/mol. The van der Waals surface area contributed by atoms with E-state index < -0.39 is 0 Å². The molecule has 1 saturated heterocycles. The summed E-state index contributed by atoms with van der Waals surface area (Å²) in [5.41, 5.74) is 5.00. The first-order chi connectivity index (χ1) is 16.5. The van der Waals surface area contributed by atoms with Gasteiger partial charge in [-0.25, -0.2) is 9.97 Å². The van der Waals surface area contributed by atoms with Crippen molar-refractivity contribution in [2.24, 2.45) is 7.05 Å². The number of aromatic nitrogens is 3. The quantitative estimate of drug-likeness (QED) is 0.506. The molecule has 0 aliphatic carbocycles. The molecule has 0 atom stereocenters. The van der Waals surface area contributed by atoms with E-state index in [9.17, 15) is 10.1 Å². The van der Waals surface area contributed by atoms with Gasteiger partial charge in [0.25, 0.3) is 0 Å². The van der Waals surface area contributed by atoms with Crippen LogP contribution in [0.5, 0.6) is 0 Å². The number of carbonyl (C=O) groups is 1. The number of amides is 1. The van der Waals surface area contributed by atoms with E-state index in [0.717, 1.165) is 54.0 Å².